The molecule has 1 aromatic carbocycles. The van der Waals surface area contributed by atoms with Gasteiger partial charge in [-0.15, -0.1) is 0 Å². The third kappa shape index (κ3) is 3.48. The molecular weight excluding hydrogens is 290 g/mol. The second-order valence-electron chi connectivity index (χ2n) is 5.24. The fraction of sp³-hybridized carbons (Fsp3) is 0.294. The lowest BCUT2D eigenvalue weighted by Gasteiger charge is -2.16. The Hall–Kier alpha value is -3.30. The Morgan fingerprint density at radius 3 is 2.30 bits per heavy atom. The summed E-state index contributed by atoms with van der Waals surface area (Å²) in [5.74, 6) is 0.00272. The third-order valence-electron chi connectivity index (χ3n) is 3.71. The molecule has 114 valence electrons. The minimum Gasteiger partial charge on any atom is -0.345 e. The minimum absolute atomic E-state index is 0.00272. The minimum atomic E-state index is -0.274. The van der Waals surface area contributed by atoms with Crippen LogP contribution in [0.25, 0.3) is 0 Å². The molecule has 0 aliphatic carbocycles. The van der Waals surface area contributed by atoms with E-state index in [2.05, 4.69) is 5.32 Å². The van der Waals surface area contributed by atoms with Crippen LogP contribution in [0.5, 0.6) is 0 Å². The third-order valence-corrected chi connectivity index (χ3v) is 3.71. The first-order chi connectivity index (χ1) is 11.1. The number of likely N-dealkylation sites (tertiary alicyclic amines) is 1. The Morgan fingerprint density at radius 2 is 1.78 bits per heavy atom. The lowest BCUT2D eigenvalue weighted by molar-refractivity contribution is 0.0793. The summed E-state index contributed by atoms with van der Waals surface area (Å²) in [6, 6.07) is 10.3. The van der Waals surface area contributed by atoms with Crippen LogP contribution in [0, 0.1) is 40.9 Å². The molecule has 1 amide bonds. The van der Waals surface area contributed by atoms with Gasteiger partial charge >= 0.3 is 0 Å². The number of hydrogen-bond acceptors (Lipinski definition) is 5. The van der Waals surface area contributed by atoms with Crippen molar-refractivity contribution >= 4 is 11.6 Å². The van der Waals surface area contributed by atoms with Crippen molar-refractivity contribution in [1.82, 2.24) is 4.90 Å². The molecule has 2 rings (SSSR count). The monoisotopic (exact) mass is 305 g/mol. The van der Waals surface area contributed by atoms with Crippen molar-refractivity contribution < 1.29 is 4.79 Å². The molecule has 1 aliphatic rings. The van der Waals surface area contributed by atoms with Crippen LogP contribution < -0.4 is 5.32 Å². The van der Waals surface area contributed by atoms with Crippen LogP contribution in [-0.2, 0) is 0 Å². The van der Waals surface area contributed by atoms with Crippen LogP contribution in [-0.4, -0.2) is 23.9 Å². The van der Waals surface area contributed by atoms with E-state index < -0.39 is 0 Å². The van der Waals surface area contributed by atoms with E-state index in [0.717, 1.165) is 31.5 Å². The van der Waals surface area contributed by atoms with E-state index in [1.807, 2.05) is 11.0 Å². The van der Waals surface area contributed by atoms with E-state index in [1.54, 1.807) is 37.3 Å². The van der Waals surface area contributed by atoms with Gasteiger partial charge in [-0.1, -0.05) is 0 Å². The summed E-state index contributed by atoms with van der Waals surface area (Å²) < 4.78 is 0. The number of carbonyl (C=O) groups is 1. The lowest BCUT2D eigenvalue weighted by atomic mass is 10.1. The first kappa shape index (κ1) is 16.1. The van der Waals surface area contributed by atoms with Crippen LogP contribution in [0.4, 0.5) is 5.69 Å². The first-order valence-electron chi connectivity index (χ1n) is 7.22. The SMILES string of the molecule is Cc1cc(C(=O)N2CCCC2)ccc1NC(C#N)=C(C#N)C#N. The quantitative estimate of drug-likeness (QED) is 0.864. The average Bonchev–Trinajstić information content (AvgIpc) is 3.10. The molecule has 6 nitrogen and oxygen atoms in total. The number of anilines is 1. The number of hydrogen-bond donors (Lipinski definition) is 1. The summed E-state index contributed by atoms with van der Waals surface area (Å²) in [4.78, 5) is 14.2. The van der Waals surface area contributed by atoms with Gasteiger partial charge < -0.3 is 10.2 Å². The normalized spacial score (nSPS) is 12.7. The molecule has 0 aromatic heterocycles. The Kier molecular flexibility index (Phi) is 4.97. The van der Waals surface area contributed by atoms with Crippen LogP contribution in [0.15, 0.2) is 29.5 Å². The summed E-state index contributed by atoms with van der Waals surface area (Å²) in [5, 5.41) is 29.5. The van der Waals surface area contributed by atoms with E-state index in [9.17, 15) is 4.79 Å². The highest BCUT2D eigenvalue weighted by molar-refractivity contribution is 5.95. The standard InChI is InChI=1S/C17H15N5O/c1-12-8-13(17(23)22-6-2-3-7-22)4-5-15(12)21-16(11-20)14(9-18)10-19/h4-5,8,21H,2-3,6-7H2,1H3. The number of aryl methyl sites for hydroxylation is 1. The van der Waals surface area contributed by atoms with Gasteiger partial charge in [0.25, 0.3) is 5.91 Å². The van der Waals surface area contributed by atoms with Gasteiger partial charge in [0.15, 0.2) is 5.57 Å². The summed E-state index contributed by atoms with van der Waals surface area (Å²) in [6.07, 6.45) is 2.07. The average molecular weight is 305 g/mol. The van der Waals surface area contributed by atoms with Crippen LogP contribution in [0.2, 0.25) is 0 Å². The van der Waals surface area contributed by atoms with Gasteiger partial charge in [-0.3, -0.25) is 4.79 Å². The van der Waals surface area contributed by atoms with Crippen LogP contribution in [0.1, 0.15) is 28.8 Å². The van der Waals surface area contributed by atoms with Crippen molar-refractivity contribution in [3.05, 3.63) is 40.6 Å². The molecule has 0 radical (unpaired) electrons. The van der Waals surface area contributed by atoms with Crippen LogP contribution in [0.3, 0.4) is 0 Å². The van der Waals surface area contributed by atoms with Gasteiger partial charge in [-0.05, 0) is 43.5 Å². The smallest absolute Gasteiger partial charge is 0.253 e. The van der Waals surface area contributed by atoms with Crippen molar-refractivity contribution in [1.29, 1.82) is 15.8 Å². The van der Waals surface area contributed by atoms with E-state index in [1.165, 1.54) is 0 Å². The molecule has 1 aliphatic heterocycles. The predicted molar refractivity (Wildman–Crippen MR) is 83.8 cm³/mol. The lowest BCUT2D eigenvalue weighted by Crippen LogP contribution is -2.27. The fourth-order valence-corrected chi connectivity index (χ4v) is 2.46. The summed E-state index contributed by atoms with van der Waals surface area (Å²) in [5.41, 5.74) is 1.57. The van der Waals surface area contributed by atoms with Gasteiger partial charge in [-0.25, -0.2) is 0 Å². The number of amides is 1. The second kappa shape index (κ2) is 7.11. The molecule has 0 spiro atoms. The molecule has 1 aromatic rings. The predicted octanol–water partition coefficient (Wildman–Crippen LogP) is 2.47. The summed E-state index contributed by atoms with van der Waals surface area (Å²) >= 11 is 0. The topological polar surface area (TPSA) is 104 Å². The maximum absolute atomic E-state index is 12.3. The molecule has 1 heterocycles. The molecule has 1 saturated heterocycles. The fourth-order valence-electron chi connectivity index (χ4n) is 2.46. The van der Waals surface area contributed by atoms with Gasteiger partial charge in [0.05, 0.1) is 0 Å². The zero-order chi connectivity index (χ0) is 16.8. The van der Waals surface area contributed by atoms with E-state index in [-0.39, 0.29) is 17.2 Å². The number of nitrogens with zero attached hydrogens (tertiary/aromatic N) is 4. The zero-order valence-corrected chi connectivity index (χ0v) is 12.8. The number of nitrogens with one attached hydrogen (secondary N) is 1. The zero-order valence-electron chi connectivity index (χ0n) is 12.8. The largest absolute Gasteiger partial charge is 0.345 e. The van der Waals surface area contributed by atoms with Crippen LogP contribution >= 0.6 is 0 Å². The van der Waals surface area contributed by atoms with E-state index >= 15 is 0 Å². The Balaban J connectivity index is 2.25. The van der Waals surface area contributed by atoms with Crippen molar-refractivity contribution in [2.45, 2.75) is 19.8 Å². The Labute approximate surface area is 134 Å². The van der Waals surface area contributed by atoms with Gasteiger partial charge in [0.2, 0.25) is 0 Å². The second-order valence-corrected chi connectivity index (χ2v) is 5.24. The highest BCUT2D eigenvalue weighted by Crippen LogP contribution is 2.21. The molecule has 1 N–H and O–H groups in total. The molecule has 0 unspecified atom stereocenters. The highest BCUT2D eigenvalue weighted by Gasteiger charge is 2.20. The van der Waals surface area contributed by atoms with Gasteiger partial charge in [-0.2, -0.15) is 15.8 Å². The van der Waals surface area contributed by atoms with Crippen molar-refractivity contribution in [2.75, 3.05) is 18.4 Å². The van der Waals surface area contributed by atoms with Gasteiger partial charge in [0, 0.05) is 24.3 Å². The molecule has 0 atom stereocenters. The Morgan fingerprint density at radius 1 is 1.13 bits per heavy atom. The summed E-state index contributed by atoms with van der Waals surface area (Å²) in [6.45, 7) is 3.37. The van der Waals surface area contributed by atoms with Crippen molar-refractivity contribution in [3.63, 3.8) is 0 Å². The van der Waals surface area contributed by atoms with Crippen molar-refractivity contribution in [2.24, 2.45) is 0 Å². The van der Waals surface area contributed by atoms with E-state index in [0.29, 0.717) is 11.3 Å². The molecule has 23 heavy (non-hydrogen) atoms. The summed E-state index contributed by atoms with van der Waals surface area (Å²) in [7, 11) is 0. The highest BCUT2D eigenvalue weighted by atomic mass is 16.2. The molecule has 0 bridgehead atoms. The molecule has 0 saturated carbocycles. The van der Waals surface area contributed by atoms with E-state index in [4.69, 9.17) is 15.8 Å². The maximum atomic E-state index is 12.3. The number of allylic oxidation sites excluding steroid dienone is 2. The number of benzene rings is 1. The maximum Gasteiger partial charge on any atom is 0.253 e. The Bertz CT molecular complexity index is 767. The van der Waals surface area contributed by atoms with Crippen molar-refractivity contribution in [3.8, 4) is 18.2 Å². The number of nitriles is 3. The van der Waals surface area contributed by atoms with Gasteiger partial charge in [0.1, 0.15) is 23.9 Å². The molecular formula is C17H15N5O. The number of carbonyl (C=O) groups excluding carboxylic acids is 1. The number of rotatable bonds is 3. The first-order valence-corrected chi connectivity index (χ1v) is 7.22. The molecule has 1 fully saturated rings. The molecule has 6 heteroatoms.